The molecular weight excluding hydrogens is 462 g/mol. The molecule has 0 unspecified atom stereocenters. The van der Waals surface area contributed by atoms with Crippen molar-refractivity contribution in [3.8, 4) is 0 Å². The lowest BCUT2D eigenvalue weighted by Crippen LogP contribution is -2.55. The summed E-state index contributed by atoms with van der Waals surface area (Å²) in [6, 6.07) is 5.29. The lowest BCUT2D eigenvalue weighted by molar-refractivity contribution is -0.145. The summed E-state index contributed by atoms with van der Waals surface area (Å²) in [5, 5.41) is 7.77. The number of nitrogens with two attached hydrogens (primary N) is 1. The smallest absolute Gasteiger partial charge is 0.330 e. The predicted octanol–water partition coefficient (Wildman–Crippen LogP) is 0.316. The van der Waals surface area contributed by atoms with E-state index >= 15 is 0 Å². The van der Waals surface area contributed by atoms with E-state index in [4.69, 9.17) is 10.5 Å². The number of ether oxygens (including phenoxy) is 1. The monoisotopic (exact) mass is 497 g/mol. The largest absolute Gasteiger partial charge is 0.467 e. The number of carbonyl (C=O) groups is 3. The van der Waals surface area contributed by atoms with E-state index in [1.54, 1.807) is 18.2 Å². The quantitative estimate of drug-likeness (QED) is 0.225. The highest BCUT2D eigenvalue weighted by Gasteiger charge is 2.40. The van der Waals surface area contributed by atoms with Crippen LogP contribution in [-0.4, -0.2) is 76.0 Å². The number of urea groups is 1. The van der Waals surface area contributed by atoms with E-state index in [1.807, 2.05) is 0 Å². The number of nitrogens with one attached hydrogen (secondary N) is 3. The molecule has 0 aromatic heterocycles. The molecule has 0 radical (unpaired) electrons. The Labute approximate surface area is 200 Å². The molecule has 1 saturated heterocycles. The van der Waals surface area contributed by atoms with Crippen LogP contribution in [0.4, 0.5) is 4.79 Å². The molecule has 12 heteroatoms. The van der Waals surface area contributed by atoms with Crippen LogP contribution in [0.15, 0.2) is 35.2 Å². The number of unbranched alkanes of at least 4 members (excludes halogenated alkanes) is 3. The minimum Gasteiger partial charge on any atom is -0.467 e. The zero-order chi connectivity index (χ0) is 25.0. The Kier molecular flexibility index (Phi) is 11.2. The number of hydrogen-bond acceptors (Lipinski definition) is 7. The van der Waals surface area contributed by atoms with Crippen molar-refractivity contribution in [1.29, 1.82) is 0 Å². The van der Waals surface area contributed by atoms with Gasteiger partial charge in [0.25, 0.3) is 0 Å². The van der Waals surface area contributed by atoms with Crippen LogP contribution in [0.1, 0.15) is 38.5 Å². The van der Waals surface area contributed by atoms with Gasteiger partial charge in [0.2, 0.25) is 15.9 Å². The third kappa shape index (κ3) is 7.96. The second-order valence-electron chi connectivity index (χ2n) is 8.01. The first-order valence-corrected chi connectivity index (χ1v) is 12.9. The van der Waals surface area contributed by atoms with E-state index in [1.165, 1.54) is 19.2 Å². The van der Waals surface area contributed by atoms with Crippen LogP contribution >= 0.6 is 0 Å². The number of carbonyl (C=O) groups excluding carboxylic acids is 3. The molecule has 1 aliphatic rings. The molecule has 0 bridgehead atoms. The second kappa shape index (κ2) is 13.9. The van der Waals surface area contributed by atoms with E-state index in [9.17, 15) is 22.8 Å². The first-order chi connectivity index (χ1) is 16.3. The highest BCUT2D eigenvalue weighted by Crippen LogP contribution is 2.26. The molecule has 5 N–H and O–H groups in total. The Bertz CT molecular complexity index is 912. The number of amides is 3. The van der Waals surface area contributed by atoms with Gasteiger partial charge in [-0.25, -0.2) is 18.0 Å². The summed E-state index contributed by atoms with van der Waals surface area (Å²) in [7, 11) is -2.70. The molecule has 1 aliphatic heterocycles. The molecule has 0 saturated carbocycles. The zero-order valence-electron chi connectivity index (χ0n) is 19.5. The third-order valence-corrected chi connectivity index (χ3v) is 7.46. The topological polar surface area (TPSA) is 160 Å². The van der Waals surface area contributed by atoms with Gasteiger partial charge in [-0.1, -0.05) is 31.0 Å². The molecule has 1 aromatic carbocycles. The fourth-order valence-corrected chi connectivity index (χ4v) is 5.38. The molecule has 190 valence electrons. The lowest BCUT2D eigenvalue weighted by Gasteiger charge is -2.25. The molecule has 34 heavy (non-hydrogen) atoms. The van der Waals surface area contributed by atoms with Gasteiger partial charge in [-0.15, -0.1) is 0 Å². The number of methoxy groups -OCH3 is 1. The minimum absolute atomic E-state index is 0.0978. The highest BCUT2D eigenvalue weighted by molar-refractivity contribution is 7.89. The van der Waals surface area contributed by atoms with Gasteiger partial charge in [0.05, 0.1) is 18.6 Å². The summed E-state index contributed by atoms with van der Waals surface area (Å²) in [5.74, 6) is -1.36. The third-order valence-electron chi connectivity index (χ3n) is 5.54. The van der Waals surface area contributed by atoms with Crippen molar-refractivity contribution in [3.63, 3.8) is 0 Å². The molecule has 1 fully saturated rings. The first kappa shape index (κ1) is 27.5. The van der Waals surface area contributed by atoms with Crippen LogP contribution in [0.2, 0.25) is 0 Å². The summed E-state index contributed by atoms with van der Waals surface area (Å²) >= 11 is 0. The van der Waals surface area contributed by atoms with Crippen LogP contribution in [0.5, 0.6) is 0 Å². The van der Waals surface area contributed by atoms with Crippen molar-refractivity contribution in [2.45, 2.75) is 55.5 Å². The van der Waals surface area contributed by atoms with Crippen molar-refractivity contribution in [2.24, 2.45) is 5.73 Å². The maximum absolute atomic E-state index is 13.0. The SMILES string of the molecule is COC(=O)[C@H](CNC(=O)NCCCCCCN)NC(=O)[C@@H]1CCCN1S(=O)(=O)c1ccccc1. The van der Waals surface area contributed by atoms with E-state index in [-0.39, 0.29) is 18.0 Å². The molecule has 1 aromatic rings. The number of sulfonamides is 1. The van der Waals surface area contributed by atoms with E-state index in [0.717, 1.165) is 30.0 Å². The van der Waals surface area contributed by atoms with Crippen molar-refractivity contribution in [3.05, 3.63) is 30.3 Å². The highest BCUT2D eigenvalue weighted by atomic mass is 32.2. The van der Waals surface area contributed by atoms with Crippen LogP contribution in [0.3, 0.4) is 0 Å². The lowest BCUT2D eigenvalue weighted by atomic mass is 10.2. The van der Waals surface area contributed by atoms with E-state index in [0.29, 0.717) is 25.9 Å². The number of benzene rings is 1. The molecule has 0 spiro atoms. The summed E-state index contributed by atoms with van der Waals surface area (Å²) in [6.07, 6.45) is 4.52. The Morgan fingerprint density at radius 3 is 2.50 bits per heavy atom. The predicted molar refractivity (Wildman–Crippen MR) is 126 cm³/mol. The fraction of sp³-hybridized carbons (Fsp3) is 0.591. The Morgan fingerprint density at radius 1 is 1.12 bits per heavy atom. The Balaban J connectivity index is 1.93. The van der Waals surface area contributed by atoms with Gasteiger partial charge in [0, 0.05) is 13.1 Å². The van der Waals surface area contributed by atoms with Crippen molar-refractivity contribution in [1.82, 2.24) is 20.3 Å². The Hall–Kier alpha value is -2.70. The van der Waals surface area contributed by atoms with Gasteiger partial charge >= 0.3 is 12.0 Å². The normalized spacial score (nSPS) is 17.1. The molecule has 3 amide bonds. The Morgan fingerprint density at radius 2 is 1.82 bits per heavy atom. The molecule has 1 heterocycles. The van der Waals surface area contributed by atoms with E-state index in [2.05, 4.69) is 16.0 Å². The van der Waals surface area contributed by atoms with Gasteiger partial charge in [-0.2, -0.15) is 4.31 Å². The zero-order valence-corrected chi connectivity index (χ0v) is 20.3. The van der Waals surface area contributed by atoms with Gasteiger partial charge < -0.3 is 26.4 Å². The van der Waals surface area contributed by atoms with Crippen molar-refractivity contribution < 1.29 is 27.5 Å². The fourth-order valence-electron chi connectivity index (χ4n) is 3.70. The molecule has 2 rings (SSSR count). The molecule has 11 nitrogen and oxygen atoms in total. The maximum atomic E-state index is 13.0. The van der Waals surface area contributed by atoms with Gasteiger partial charge in [-0.3, -0.25) is 4.79 Å². The second-order valence-corrected chi connectivity index (χ2v) is 9.90. The van der Waals surface area contributed by atoms with E-state index < -0.39 is 40.0 Å². The van der Waals surface area contributed by atoms with Gasteiger partial charge in [0.1, 0.15) is 12.1 Å². The summed E-state index contributed by atoms with van der Waals surface area (Å²) in [4.78, 5) is 37.3. The molecule has 0 aliphatic carbocycles. The average Bonchev–Trinajstić information content (AvgIpc) is 3.35. The van der Waals surface area contributed by atoms with Crippen LogP contribution in [0, 0.1) is 0 Å². The minimum atomic E-state index is -3.87. The number of esters is 1. The number of rotatable bonds is 13. The maximum Gasteiger partial charge on any atom is 0.330 e. The van der Waals surface area contributed by atoms with Crippen LogP contribution in [-0.2, 0) is 24.3 Å². The van der Waals surface area contributed by atoms with Crippen molar-refractivity contribution in [2.75, 3.05) is 33.3 Å². The standard InChI is InChI=1S/C22H35N5O6S/c1-33-21(29)18(16-25-22(30)24-14-8-3-2-7-13-23)26-20(28)19-12-9-15-27(19)34(31,32)17-10-5-4-6-11-17/h4-6,10-11,18-19H,2-3,7-9,12-16,23H2,1H3,(H,26,28)(H2,24,25,30)/t18-,19-/m0/s1. The molecular formula is C22H35N5O6S. The van der Waals surface area contributed by atoms with Gasteiger partial charge in [-0.05, 0) is 44.4 Å². The summed E-state index contributed by atoms with van der Waals surface area (Å²) in [6.45, 7) is 1.12. The summed E-state index contributed by atoms with van der Waals surface area (Å²) in [5.41, 5.74) is 5.45. The molecule has 2 atom stereocenters. The number of hydrogen-bond donors (Lipinski definition) is 4. The number of nitrogens with zero attached hydrogens (tertiary/aromatic N) is 1. The average molecular weight is 498 g/mol. The van der Waals surface area contributed by atoms with Crippen molar-refractivity contribution >= 4 is 27.9 Å². The van der Waals surface area contributed by atoms with Crippen LogP contribution < -0.4 is 21.7 Å². The first-order valence-electron chi connectivity index (χ1n) is 11.5. The summed E-state index contributed by atoms with van der Waals surface area (Å²) < 4.78 is 31.9. The van der Waals surface area contributed by atoms with Crippen LogP contribution in [0.25, 0.3) is 0 Å². The van der Waals surface area contributed by atoms with Gasteiger partial charge in [0.15, 0.2) is 0 Å².